The van der Waals surface area contributed by atoms with Crippen LogP contribution in [-0.4, -0.2) is 64.6 Å². The molecule has 49 heavy (non-hydrogen) atoms. The highest BCUT2D eigenvalue weighted by Gasteiger charge is 2.37. The molecule has 2 saturated heterocycles. The number of hydrogen-bond acceptors (Lipinski definition) is 6. The van der Waals surface area contributed by atoms with E-state index in [4.69, 9.17) is 0 Å². The van der Waals surface area contributed by atoms with E-state index in [0.29, 0.717) is 34.9 Å². The fourth-order valence-electron chi connectivity index (χ4n) is 7.24. The number of para-hydroxylation sites is 1. The van der Waals surface area contributed by atoms with Crippen molar-refractivity contribution in [2.45, 2.75) is 19.0 Å². The molecule has 0 saturated carbocycles. The number of amides is 1. The first kappa shape index (κ1) is 31.0. The quantitative estimate of drug-likeness (QED) is 0.220. The van der Waals surface area contributed by atoms with Gasteiger partial charge >= 0.3 is 6.18 Å². The number of nitrogens with zero attached hydrogens (tertiary/aromatic N) is 5. The molecule has 1 N–H and O–H groups in total. The first-order valence-electron chi connectivity index (χ1n) is 16.5. The van der Waals surface area contributed by atoms with E-state index >= 15 is 0 Å². The van der Waals surface area contributed by atoms with E-state index in [2.05, 4.69) is 15.3 Å². The number of anilines is 1. The Morgan fingerprint density at radius 1 is 0.776 bits per heavy atom. The molecule has 2 aliphatic rings. The lowest BCUT2D eigenvalue weighted by Crippen LogP contribution is -2.51. The molecular weight excluding hydrogens is 629 g/mol. The molecule has 2 aliphatic heterocycles. The van der Waals surface area contributed by atoms with Crippen LogP contribution < -0.4 is 15.8 Å². The first-order valence-corrected chi connectivity index (χ1v) is 16.5. The monoisotopic (exact) mass is 662 g/mol. The molecule has 11 heteroatoms. The standard InChI is InChI=1S/C38H33F3N6O2/c39-38(40,41)31-21-29(7-9-34(31)45-15-17-46(18-16-45)37(49)24-11-13-42-14-12-24)47-35(48)10-6-27-22-44-33-8-5-25(20-30(33)36(27)47)28-19-26-3-1-2-4-32(26)43-23-28/h1-10,19-24,42H,11-18H2. The second kappa shape index (κ2) is 12.3. The molecule has 8 rings (SSSR count). The SMILES string of the molecule is O=C(C1CCNCC1)N1CCN(c2ccc(-n3c(=O)ccc4cnc5ccc(-c6cnc7ccccc7c6)cc5c43)cc2C(F)(F)F)CC1. The predicted molar refractivity (Wildman–Crippen MR) is 185 cm³/mol. The van der Waals surface area contributed by atoms with Crippen molar-refractivity contribution >= 4 is 44.3 Å². The molecule has 1 amide bonds. The van der Waals surface area contributed by atoms with Crippen LogP contribution >= 0.6 is 0 Å². The molecule has 248 valence electrons. The Morgan fingerprint density at radius 2 is 1.55 bits per heavy atom. The van der Waals surface area contributed by atoms with E-state index in [-0.39, 0.29) is 36.3 Å². The molecule has 3 aromatic carbocycles. The van der Waals surface area contributed by atoms with Crippen molar-refractivity contribution in [3.05, 3.63) is 107 Å². The van der Waals surface area contributed by atoms with E-state index in [1.54, 1.807) is 34.3 Å². The number of aromatic nitrogens is 3. The maximum absolute atomic E-state index is 14.8. The zero-order chi connectivity index (χ0) is 33.7. The number of alkyl halides is 3. The van der Waals surface area contributed by atoms with Gasteiger partial charge < -0.3 is 15.1 Å². The van der Waals surface area contributed by atoms with Gasteiger partial charge in [-0.25, -0.2) is 0 Å². The minimum Gasteiger partial charge on any atom is -0.367 e. The summed E-state index contributed by atoms with van der Waals surface area (Å²) in [4.78, 5) is 39.3. The van der Waals surface area contributed by atoms with Crippen LogP contribution in [0.2, 0.25) is 0 Å². The van der Waals surface area contributed by atoms with E-state index in [1.807, 2.05) is 48.5 Å². The third-order valence-corrected chi connectivity index (χ3v) is 9.81. The van der Waals surface area contributed by atoms with Crippen LogP contribution in [-0.2, 0) is 11.0 Å². The smallest absolute Gasteiger partial charge is 0.367 e. The number of carbonyl (C=O) groups excluding carboxylic acids is 1. The minimum absolute atomic E-state index is 0.0381. The number of piperidine rings is 1. The number of halogens is 3. The molecule has 0 atom stereocenters. The Labute approximate surface area is 279 Å². The molecular formula is C38H33F3N6O2. The number of piperazine rings is 1. The topological polar surface area (TPSA) is 83.4 Å². The maximum Gasteiger partial charge on any atom is 0.418 e. The zero-order valence-electron chi connectivity index (χ0n) is 26.6. The highest BCUT2D eigenvalue weighted by atomic mass is 19.4. The van der Waals surface area contributed by atoms with Gasteiger partial charge in [-0.3, -0.25) is 24.1 Å². The van der Waals surface area contributed by atoms with Gasteiger partial charge in [-0.1, -0.05) is 24.3 Å². The highest BCUT2D eigenvalue weighted by molar-refractivity contribution is 6.05. The summed E-state index contributed by atoms with van der Waals surface area (Å²) in [5.41, 5.74) is 2.51. The van der Waals surface area contributed by atoms with Gasteiger partial charge in [-0.05, 0) is 80.0 Å². The molecule has 2 fully saturated rings. The number of carbonyl (C=O) groups is 1. The normalized spacial score (nSPS) is 16.1. The van der Waals surface area contributed by atoms with Gasteiger partial charge in [-0.15, -0.1) is 0 Å². The number of fused-ring (bicyclic) bond motifs is 4. The minimum atomic E-state index is -4.68. The van der Waals surface area contributed by atoms with Crippen LogP contribution in [0.1, 0.15) is 18.4 Å². The molecule has 6 aromatic rings. The average Bonchev–Trinajstić information content (AvgIpc) is 3.14. The Kier molecular flexibility index (Phi) is 7.79. The first-order chi connectivity index (χ1) is 23.7. The van der Waals surface area contributed by atoms with Crippen molar-refractivity contribution in [2.24, 2.45) is 5.92 Å². The van der Waals surface area contributed by atoms with Crippen LogP contribution in [0.15, 0.2) is 96.1 Å². The van der Waals surface area contributed by atoms with Crippen LogP contribution in [0.5, 0.6) is 0 Å². The third-order valence-electron chi connectivity index (χ3n) is 9.81. The lowest BCUT2D eigenvalue weighted by Gasteiger charge is -2.39. The number of benzene rings is 3. The third kappa shape index (κ3) is 5.78. The summed E-state index contributed by atoms with van der Waals surface area (Å²) in [6, 6.07) is 22.6. The molecule has 0 unspecified atom stereocenters. The van der Waals surface area contributed by atoms with Gasteiger partial charge in [0.05, 0.1) is 27.8 Å². The summed E-state index contributed by atoms with van der Waals surface area (Å²) in [7, 11) is 0. The molecule has 0 radical (unpaired) electrons. The number of nitrogens with one attached hydrogen (secondary N) is 1. The van der Waals surface area contributed by atoms with Crippen molar-refractivity contribution in [3.63, 3.8) is 0 Å². The Hall–Kier alpha value is -5.29. The van der Waals surface area contributed by atoms with Crippen LogP contribution in [0.3, 0.4) is 0 Å². The van der Waals surface area contributed by atoms with E-state index in [0.717, 1.165) is 54.0 Å². The predicted octanol–water partition coefficient (Wildman–Crippen LogP) is 6.42. The summed E-state index contributed by atoms with van der Waals surface area (Å²) < 4.78 is 45.6. The fourth-order valence-corrected chi connectivity index (χ4v) is 7.24. The van der Waals surface area contributed by atoms with Crippen LogP contribution in [0, 0.1) is 5.92 Å². The van der Waals surface area contributed by atoms with Crippen molar-refractivity contribution in [3.8, 4) is 16.8 Å². The number of pyridine rings is 3. The highest BCUT2D eigenvalue weighted by Crippen LogP contribution is 2.39. The number of rotatable bonds is 4. The van der Waals surface area contributed by atoms with Gasteiger partial charge in [0.15, 0.2) is 0 Å². The van der Waals surface area contributed by atoms with E-state index < -0.39 is 17.3 Å². The summed E-state index contributed by atoms with van der Waals surface area (Å²) >= 11 is 0. The molecule has 0 spiro atoms. The summed E-state index contributed by atoms with van der Waals surface area (Å²) in [6.45, 7) is 2.89. The molecule has 0 aliphatic carbocycles. The van der Waals surface area contributed by atoms with E-state index in [9.17, 15) is 22.8 Å². The van der Waals surface area contributed by atoms with Gasteiger partial charge in [-0.2, -0.15) is 13.2 Å². The van der Waals surface area contributed by atoms with Crippen molar-refractivity contribution < 1.29 is 18.0 Å². The van der Waals surface area contributed by atoms with Crippen LogP contribution in [0.25, 0.3) is 49.5 Å². The lowest BCUT2D eigenvalue weighted by molar-refractivity contribution is -0.138. The average molecular weight is 663 g/mol. The Morgan fingerprint density at radius 3 is 2.35 bits per heavy atom. The summed E-state index contributed by atoms with van der Waals surface area (Å²) in [5.74, 6) is 0.0491. The van der Waals surface area contributed by atoms with Gasteiger partial charge in [0.2, 0.25) is 5.91 Å². The van der Waals surface area contributed by atoms with E-state index in [1.165, 1.54) is 16.7 Å². The van der Waals surface area contributed by atoms with Crippen molar-refractivity contribution in [2.75, 3.05) is 44.2 Å². The van der Waals surface area contributed by atoms with Gasteiger partial charge in [0, 0.05) is 78.0 Å². The Balaban J connectivity index is 1.19. The van der Waals surface area contributed by atoms with Gasteiger partial charge in [0.25, 0.3) is 5.56 Å². The summed E-state index contributed by atoms with van der Waals surface area (Å²) in [6.07, 6.45) is 0.293. The molecule has 5 heterocycles. The molecule has 0 bridgehead atoms. The summed E-state index contributed by atoms with van der Waals surface area (Å²) in [5, 5.41) is 5.49. The lowest BCUT2D eigenvalue weighted by atomic mass is 9.96. The van der Waals surface area contributed by atoms with Crippen molar-refractivity contribution in [1.29, 1.82) is 0 Å². The second-order valence-corrected chi connectivity index (χ2v) is 12.8. The molecule has 8 nitrogen and oxygen atoms in total. The molecule has 3 aromatic heterocycles. The number of hydrogen-bond donors (Lipinski definition) is 1. The fraction of sp³-hybridized carbons (Fsp3) is 0.263. The maximum atomic E-state index is 14.8. The van der Waals surface area contributed by atoms with Crippen molar-refractivity contribution in [1.82, 2.24) is 24.8 Å². The second-order valence-electron chi connectivity index (χ2n) is 12.8. The zero-order valence-corrected chi connectivity index (χ0v) is 26.6. The van der Waals surface area contributed by atoms with Gasteiger partial charge in [0.1, 0.15) is 0 Å². The Bertz CT molecular complexity index is 2290. The largest absolute Gasteiger partial charge is 0.418 e. The van der Waals surface area contributed by atoms with Crippen LogP contribution in [0.4, 0.5) is 18.9 Å².